The van der Waals surface area contributed by atoms with Gasteiger partial charge in [0.1, 0.15) is 5.69 Å². The average molecular weight is 327 g/mol. The second kappa shape index (κ2) is 5.17. The molecule has 0 saturated carbocycles. The number of pyridine rings is 1. The van der Waals surface area contributed by atoms with Crippen LogP contribution in [0.3, 0.4) is 0 Å². The van der Waals surface area contributed by atoms with Gasteiger partial charge in [-0.1, -0.05) is 29.5 Å². The predicted octanol–water partition coefficient (Wildman–Crippen LogP) is 3.26. The van der Waals surface area contributed by atoms with Crippen molar-refractivity contribution in [3.63, 3.8) is 0 Å². The number of fused-ring (bicyclic) bond motifs is 2. The first-order chi connectivity index (χ1) is 12.3. The molecule has 3 heterocycles. The van der Waals surface area contributed by atoms with Crippen LogP contribution in [0.1, 0.15) is 0 Å². The second-order valence-corrected chi connectivity index (χ2v) is 5.90. The summed E-state index contributed by atoms with van der Waals surface area (Å²) in [5.74, 6) is 0. The van der Waals surface area contributed by atoms with E-state index in [1.54, 1.807) is 10.9 Å². The molecule has 0 aliphatic rings. The number of benzene rings is 2. The maximum atomic E-state index is 12.4. The van der Waals surface area contributed by atoms with Gasteiger partial charge in [0.2, 0.25) is 0 Å². The van der Waals surface area contributed by atoms with Gasteiger partial charge in [0.15, 0.2) is 0 Å². The van der Waals surface area contributed by atoms with Crippen LogP contribution >= 0.6 is 0 Å². The minimum atomic E-state index is -0.175. The zero-order valence-electron chi connectivity index (χ0n) is 13.1. The van der Waals surface area contributed by atoms with E-state index in [0.29, 0.717) is 11.3 Å². The van der Waals surface area contributed by atoms with Gasteiger partial charge in [0.05, 0.1) is 17.4 Å². The largest absolute Gasteiger partial charge is 0.361 e. The summed E-state index contributed by atoms with van der Waals surface area (Å²) in [5, 5.41) is 10.4. The number of aromatic amines is 2. The van der Waals surface area contributed by atoms with E-state index in [4.69, 9.17) is 0 Å². The van der Waals surface area contributed by atoms with Crippen molar-refractivity contribution in [2.24, 2.45) is 0 Å². The molecule has 5 rings (SSSR count). The number of para-hydroxylation sites is 1. The molecule has 0 aliphatic carbocycles. The number of nitrogens with one attached hydrogen (secondary N) is 2. The predicted molar refractivity (Wildman–Crippen MR) is 96.8 cm³/mol. The van der Waals surface area contributed by atoms with E-state index in [9.17, 15) is 4.79 Å². The lowest BCUT2D eigenvalue weighted by Gasteiger charge is -2.01. The van der Waals surface area contributed by atoms with Crippen molar-refractivity contribution < 1.29 is 0 Å². The molecule has 0 amide bonds. The Morgan fingerprint density at radius 3 is 2.80 bits per heavy atom. The molecule has 6 nitrogen and oxygen atoms in total. The van der Waals surface area contributed by atoms with E-state index in [1.165, 1.54) is 0 Å². The summed E-state index contributed by atoms with van der Waals surface area (Å²) in [5.41, 5.74) is 3.58. The third kappa shape index (κ3) is 2.23. The summed E-state index contributed by atoms with van der Waals surface area (Å²) in [6, 6.07) is 17.5. The van der Waals surface area contributed by atoms with Gasteiger partial charge in [0.25, 0.3) is 5.56 Å². The number of nitrogens with zero attached hydrogens (tertiary/aromatic N) is 3. The van der Waals surface area contributed by atoms with Crippen LogP contribution in [-0.2, 0) is 0 Å². The first kappa shape index (κ1) is 13.7. The molecule has 0 radical (unpaired) electrons. The standard InChI is InChI=1S/C19H13N5O/c25-19-15(9-13-3-1-2-4-16(13)21-19)18-11-24(23-22-18)14-6-5-12-7-8-20-17(12)10-14/h1-11,20H,(H,21,25). The lowest BCUT2D eigenvalue weighted by atomic mass is 10.1. The lowest BCUT2D eigenvalue weighted by molar-refractivity contribution is 0.804. The minimum absolute atomic E-state index is 0.175. The van der Waals surface area contributed by atoms with Crippen molar-refractivity contribution in [3.05, 3.63) is 77.3 Å². The molecule has 25 heavy (non-hydrogen) atoms. The maximum Gasteiger partial charge on any atom is 0.258 e. The topological polar surface area (TPSA) is 79.4 Å². The number of hydrogen-bond acceptors (Lipinski definition) is 3. The Bertz CT molecular complexity index is 1280. The van der Waals surface area contributed by atoms with Crippen LogP contribution in [0.4, 0.5) is 0 Å². The summed E-state index contributed by atoms with van der Waals surface area (Å²) in [4.78, 5) is 18.5. The van der Waals surface area contributed by atoms with Gasteiger partial charge in [-0.25, -0.2) is 4.68 Å². The van der Waals surface area contributed by atoms with Crippen LogP contribution in [-0.4, -0.2) is 25.0 Å². The monoisotopic (exact) mass is 327 g/mol. The summed E-state index contributed by atoms with van der Waals surface area (Å²) >= 11 is 0. The lowest BCUT2D eigenvalue weighted by Crippen LogP contribution is -2.08. The normalized spacial score (nSPS) is 11.4. The van der Waals surface area contributed by atoms with Crippen LogP contribution in [0.25, 0.3) is 38.8 Å². The van der Waals surface area contributed by atoms with E-state index >= 15 is 0 Å². The van der Waals surface area contributed by atoms with Crippen LogP contribution in [0, 0.1) is 0 Å². The van der Waals surface area contributed by atoms with Crippen molar-refractivity contribution in [3.8, 4) is 16.9 Å². The Kier molecular flexibility index (Phi) is 2.84. The fourth-order valence-electron chi connectivity index (χ4n) is 3.03. The Morgan fingerprint density at radius 1 is 0.920 bits per heavy atom. The van der Waals surface area contributed by atoms with Gasteiger partial charge >= 0.3 is 0 Å². The van der Waals surface area contributed by atoms with Gasteiger partial charge in [0, 0.05) is 17.2 Å². The van der Waals surface area contributed by atoms with Crippen LogP contribution in [0.2, 0.25) is 0 Å². The second-order valence-electron chi connectivity index (χ2n) is 5.90. The molecule has 120 valence electrons. The van der Waals surface area contributed by atoms with E-state index in [0.717, 1.165) is 27.5 Å². The average Bonchev–Trinajstić information content (AvgIpc) is 3.29. The third-order valence-corrected chi connectivity index (χ3v) is 4.33. The molecule has 0 unspecified atom stereocenters. The number of H-pyrrole nitrogens is 2. The number of hydrogen-bond donors (Lipinski definition) is 2. The molecule has 0 aliphatic heterocycles. The highest BCUT2D eigenvalue weighted by molar-refractivity contribution is 5.83. The highest BCUT2D eigenvalue weighted by Gasteiger charge is 2.11. The highest BCUT2D eigenvalue weighted by Crippen LogP contribution is 2.20. The number of aromatic nitrogens is 5. The van der Waals surface area contributed by atoms with Crippen LogP contribution < -0.4 is 5.56 Å². The summed E-state index contributed by atoms with van der Waals surface area (Å²) in [6.45, 7) is 0. The van der Waals surface area contributed by atoms with Crippen molar-refractivity contribution in [2.75, 3.05) is 0 Å². The Balaban J connectivity index is 1.62. The van der Waals surface area contributed by atoms with Gasteiger partial charge in [-0.2, -0.15) is 0 Å². The molecule has 0 bridgehead atoms. The van der Waals surface area contributed by atoms with Gasteiger partial charge < -0.3 is 9.97 Å². The van der Waals surface area contributed by atoms with Crippen LogP contribution in [0.15, 0.2) is 71.8 Å². The molecule has 2 N–H and O–H groups in total. The fraction of sp³-hybridized carbons (Fsp3) is 0. The SMILES string of the molecule is O=c1[nH]c2ccccc2cc1-c1cn(-c2ccc3cc[nH]c3c2)nn1. The van der Waals surface area contributed by atoms with Gasteiger partial charge in [-0.3, -0.25) is 4.79 Å². The smallest absolute Gasteiger partial charge is 0.258 e. The van der Waals surface area contributed by atoms with E-state index in [2.05, 4.69) is 20.3 Å². The Morgan fingerprint density at radius 2 is 1.84 bits per heavy atom. The zero-order valence-corrected chi connectivity index (χ0v) is 13.1. The van der Waals surface area contributed by atoms with E-state index < -0.39 is 0 Å². The minimum Gasteiger partial charge on any atom is -0.361 e. The summed E-state index contributed by atoms with van der Waals surface area (Å²) in [7, 11) is 0. The van der Waals surface area contributed by atoms with Crippen molar-refractivity contribution in [1.29, 1.82) is 0 Å². The molecule has 5 aromatic rings. The van der Waals surface area contributed by atoms with Crippen molar-refractivity contribution >= 4 is 21.8 Å². The molecule has 0 atom stereocenters. The van der Waals surface area contributed by atoms with E-state index in [-0.39, 0.29) is 5.56 Å². The zero-order chi connectivity index (χ0) is 16.8. The first-order valence-corrected chi connectivity index (χ1v) is 7.90. The van der Waals surface area contributed by atoms with Crippen molar-refractivity contribution in [1.82, 2.24) is 25.0 Å². The molecule has 0 saturated heterocycles. The fourth-order valence-corrected chi connectivity index (χ4v) is 3.03. The summed E-state index contributed by atoms with van der Waals surface area (Å²) < 4.78 is 1.67. The third-order valence-electron chi connectivity index (χ3n) is 4.33. The van der Waals surface area contributed by atoms with Crippen molar-refractivity contribution in [2.45, 2.75) is 0 Å². The molecule has 3 aromatic heterocycles. The Labute approximate surface area is 141 Å². The molecule has 0 fully saturated rings. The molecular formula is C19H13N5O. The molecule has 2 aromatic carbocycles. The van der Waals surface area contributed by atoms with E-state index in [1.807, 2.05) is 60.8 Å². The van der Waals surface area contributed by atoms with Gasteiger partial charge in [-0.15, -0.1) is 5.10 Å². The van der Waals surface area contributed by atoms with Crippen LogP contribution in [0.5, 0.6) is 0 Å². The molecular weight excluding hydrogens is 314 g/mol. The Hall–Kier alpha value is -3.67. The quantitative estimate of drug-likeness (QED) is 0.522. The molecule has 6 heteroatoms. The maximum absolute atomic E-state index is 12.4. The first-order valence-electron chi connectivity index (χ1n) is 7.90. The number of rotatable bonds is 2. The summed E-state index contributed by atoms with van der Waals surface area (Å²) in [6.07, 6.45) is 3.67. The highest BCUT2D eigenvalue weighted by atomic mass is 16.1. The molecule has 0 spiro atoms. The van der Waals surface area contributed by atoms with Gasteiger partial charge in [-0.05, 0) is 41.1 Å².